The van der Waals surface area contributed by atoms with E-state index in [2.05, 4.69) is 10.1 Å². The summed E-state index contributed by atoms with van der Waals surface area (Å²) in [6, 6.07) is 1.29. The van der Waals surface area contributed by atoms with E-state index in [0.717, 1.165) is 5.01 Å². The molecule has 6 nitrogen and oxygen atoms in total. The van der Waals surface area contributed by atoms with E-state index in [4.69, 9.17) is 5.11 Å². The van der Waals surface area contributed by atoms with Gasteiger partial charge >= 0.3 is 0 Å². The molecule has 0 aliphatic rings. The van der Waals surface area contributed by atoms with E-state index in [-0.39, 0.29) is 25.3 Å². The zero-order valence-corrected chi connectivity index (χ0v) is 12.3. The zero-order chi connectivity index (χ0) is 15.4. The largest absolute Gasteiger partial charge is 0.395 e. The monoisotopic (exact) mass is 318 g/mol. The number of hydrogen-bond donors (Lipinski definition) is 1. The van der Waals surface area contributed by atoms with Crippen LogP contribution in [0.5, 0.6) is 0 Å². The van der Waals surface area contributed by atoms with Crippen LogP contribution in [0, 0.1) is 0 Å². The first-order chi connectivity index (χ1) is 10.0. The van der Waals surface area contributed by atoms with Gasteiger partial charge in [0.2, 0.25) is 4.96 Å². The van der Waals surface area contributed by atoms with Crippen molar-refractivity contribution in [2.45, 2.75) is 26.3 Å². The van der Waals surface area contributed by atoms with Gasteiger partial charge in [0.25, 0.3) is 12.0 Å². The van der Waals surface area contributed by atoms with Crippen LogP contribution < -0.4 is 5.56 Å². The van der Waals surface area contributed by atoms with Crippen molar-refractivity contribution >= 4 is 16.3 Å². The molecule has 2 aromatic heterocycles. The van der Waals surface area contributed by atoms with Crippen LogP contribution in [0.25, 0.3) is 4.96 Å². The molecule has 0 amide bonds. The van der Waals surface area contributed by atoms with Crippen molar-refractivity contribution in [2.75, 3.05) is 19.7 Å². The second-order valence-electron chi connectivity index (χ2n) is 4.48. The second-order valence-corrected chi connectivity index (χ2v) is 5.52. The van der Waals surface area contributed by atoms with Gasteiger partial charge in [-0.2, -0.15) is 9.61 Å². The number of aryl methyl sites for hydroxylation is 1. The lowest BCUT2D eigenvalue weighted by Gasteiger charge is -2.19. The van der Waals surface area contributed by atoms with Crippen LogP contribution in [-0.4, -0.2) is 50.7 Å². The Morgan fingerprint density at radius 2 is 2.29 bits per heavy atom. The quantitative estimate of drug-likeness (QED) is 0.817. The van der Waals surface area contributed by atoms with Crippen LogP contribution in [-0.2, 0) is 13.0 Å². The minimum absolute atomic E-state index is 0.0933. The predicted molar refractivity (Wildman–Crippen MR) is 74.9 cm³/mol. The third-order valence-corrected chi connectivity index (χ3v) is 3.89. The van der Waals surface area contributed by atoms with E-state index >= 15 is 0 Å². The number of aromatic nitrogens is 3. The van der Waals surface area contributed by atoms with Gasteiger partial charge in [-0.3, -0.25) is 9.69 Å². The molecule has 1 N–H and O–H groups in total. The fraction of sp³-hybridized carbons (Fsp3) is 0.583. The lowest BCUT2D eigenvalue weighted by Crippen LogP contribution is -2.32. The molecule has 9 heteroatoms. The van der Waals surface area contributed by atoms with E-state index in [1.54, 1.807) is 0 Å². The summed E-state index contributed by atoms with van der Waals surface area (Å²) in [5.41, 5.74) is 0.0762. The number of alkyl halides is 2. The van der Waals surface area contributed by atoms with Crippen LogP contribution in [0.15, 0.2) is 10.9 Å². The average Bonchev–Trinajstić information content (AvgIpc) is 2.82. The number of hydrogen-bond acceptors (Lipinski definition) is 6. The molecule has 0 atom stereocenters. The highest BCUT2D eigenvalue weighted by Gasteiger charge is 2.15. The summed E-state index contributed by atoms with van der Waals surface area (Å²) in [7, 11) is 0. The van der Waals surface area contributed by atoms with Gasteiger partial charge in [-0.05, 0) is 6.42 Å². The van der Waals surface area contributed by atoms with Crippen LogP contribution in [0.1, 0.15) is 17.6 Å². The first-order valence-electron chi connectivity index (χ1n) is 6.53. The van der Waals surface area contributed by atoms with E-state index in [0.29, 0.717) is 17.1 Å². The molecule has 0 fully saturated rings. The normalized spacial score (nSPS) is 11.9. The standard InChI is InChI=1S/C12H16F2N4O2S/c1-2-10-16-18-11(20)5-8(15-12(18)21-10)6-17(3-4-19)7-9(13)14/h5,9,19H,2-4,6-7H2,1H3. The van der Waals surface area contributed by atoms with Gasteiger partial charge in [0.1, 0.15) is 5.01 Å². The Kier molecular flexibility index (Phi) is 5.32. The molecular formula is C12H16F2N4O2S. The molecule has 0 saturated heterocycles. The summed E-state index contributed by atoms with van der Waals surface area (Å²) in [6.07, 6.45) is -1.80. The molecule has 0 bridgehead atoms. The second kappa shape index (κ2) is 7.01. The summed E-state index contributed by atoms with van der Waals surface area (Å²) < 4.78 is 26.2. The minimum atomic E-state index is -2.50. The van der Waals surface area contributed by atoms with Crippen LogP contribution in [0.3, 0.4) is 0 Å². The maximum Gasteiger partial charge on any atom is 0.275 e. The van der Waals surface area contributed by atoms with Gasteiger partial charge in [-0.15, -0.1) is 0 Å². The predicted octanol–water partition coefficient (Wildman–Crippen LogP) is 0.773. The van der Waals surface area contributed by atoms with Crippen molar-refractivity contribution < 1.29 is 13.9 Å². The highest BCUT2D eigenvalue weighted by Crippen LogP contribution is 2.12. The van der Waals surface area contributed by atoms with Gasteiger partial charge < -0.3 is 5.11 Å². The molecule has 116 valence electrons. The third-order valence-electron chi connectivity index (χ3n) is 2.84. The van der Waals surface area contributed by atoms with Crippen LogP contribution >= 0.6 is 11.3 Å². The molecule has 0 radical (unpaired) electrons. The molecular weight excluding hydrogens is 302 g/mol. The fourth-order valence-electron chi connectivity index (χ4n) is 1.92. The smallest absolute Gasteiger partial charge is 0.275 e. The van der Waals surface area contributed by atoms with Crippen LogP contribution in [0.4, 0.5) is 8.78 Å². The molecule has 0 aliphatic carbocycles. The lowest BCUT2D eigenvalue weighted by atomic mass is 10.3. The van der Waals surface area contributed by atoms with Crippen molar-refractivity contribution in [1.29, 1.82) is 0 Å². The van der Waals surface area contributed by atoms with Gasteiger partial charge in [0, 0.05) is 19.2 Å². The molecule has 2 heterocycles. The van der Waals surface area contributed by atoms with E-state index in [9.17, 15) is 13.6 Å². The molecule has 0 aliphatic heterocycles. The van der Waals surface area contributed by atoms with Crippen molar-refractivity contribution in [3.63, 3.8) is 0 Å². The number of aliphatic hydroxyl groups excluding tert-OH is 1. The highest BCUT2D eigenvalue weighted by atomic mass is 32.1. The molecule has 0 aromatic carbocycles. The first kappa shape index (κ1) is 15.9. The summed E-state index contributed by atoms with van der Waals surface area (Å²) in [5.74, 6) is 0. The minimum Gasteiger partial charge on any atom is -0.395 e. The molecule has 0 unspecified atom stereocenters. The van der Waals surface area contributed by atoms with Gasteiger partial charge in [-0.25, -0.2) is 13.8 Å². The summed E-state index contributed by atoms with van der Waals surface area (Å²) in [5, 5.41) is 13.8. The summed E-state index contributed by atoms with van der Waals surface area (Å²) >= 11 is 1.30. The Hall–Kier alpha value is -1.45. The Bertz CT molecular complexity index is 658. The van der Waals surface area contributed by atoms with Gasteiger partial charge in [0.05, 0.1) is 18.8 Å². The van der Waals surface area contributed by atoms with Crippen LogP contribution in [0.2, 0.25) is 0 Å². The van der Waals surface area contributed by atoms with Gasteiger partial charge in [0.15, 0.2) is 0 Å². The van der Waals surface area contributed by atoms with Crippen molar-refractivity contribution in [1.82, 2.24) is 19.5 Å². The molecule has 0 saturated carbocycles. The van der Waals surface area contributed by atoms with Crippen molar-refractivity contribution in [3.05, 3.63) is 27.1 Å². The SMILES string of the molecule is CCc1nn2c(=O)cc(CN(CCO)CC(F)F)nc2s1. The fourth-order valence-corrected chi connectivity index (χ4v) is 2.78. The van der Waals surface area contributed by atoms with E-state index in [1.807, 2.05) is 6.92 Å². The highest BCUT2D eigenvalue weighted by molar-refractivity contribution is 7.16. The van der Waals surface area contributed by atoms with E-state index in [1.165, 1.54) is 26.8 Å². The Morgan fingerprint density at radius 3 is 2.90 bits per heavy atom. The molecule has 21 heavy (non-hydrogen) atoms. The van der Waals surface area contributed by atoms with Crippen molar-refractivity contribution in [2.24, 2.45) is 0 Å². The maximum atomic E-state index is 12.5. The first-order valence-corrected chi connectivity index (χ1v) is 7.35. The Morgan fingerprint density at radius 1 is 1.52 bits per heavy atom. The Labute approximate surface area is 123 Å². The average molecular weight is 318 g/mol. The number of fused-ring (bicyclic) bond motifs is 1. The number of aliphatic hydroxyl groups is 1. The van der Waals surface area contributed by atoms with Gasteiger partial charge in [-0.1, -0.05) is 18.3 Å². The van der Waals surface area contributed by atoms with E-state index < -0.39 is 13.0 Å². The molecule has 0 spiro atoms. The molecule has 2 rings (SSSR count). The number of rotatable bonds is 7. The maximum absolute atomic E-state index is 12.5. The lowest BCUT2D eigenvalue weighted by molar-refractivity contribution is 0.0740. The summed E-state index contributed by atoms with van der Waals surface area (Å²) in [4.78, 5) is 18.0. The third kappa shape index (κ3) is 4.02. The van der Waals surface area contributed by atoms with Crippen molar-refractivity contribution in [3.8, 4) is 0 Å². The number of halogens is 2. The summed E-state index contributed by atoms with van der Waals surface area (Å²) in [6.45, 7) is 1.43. The Balaban J connectivity index is 2.26. The topological polar surface area (TPSA) is 70.7 Å². The zero-order valence-electron chi connectivity index (χ0n) is 11.5. The number of nitrogens with zero attached hydrogens (tertiary/aromatic N) is 4. The molecule has 2 aromatic rings.